The Balaban J connectivity index is 1.15. The van der Waals surface area contributed by atoms with Crippen molar-refractivity contribution in [2.24, 2.45) is 0 Å². The Morgan fingerprint density at radius 2 is 0.911 bits per heavy atom. The standard InChI is InChI=1S/C51H30N4O/c1-3-13-33-27-37(23-21-31(33)11-1)49-52-50(38-24-22-32-12-2-4-14-34(32)28-38)54-51(53-49)41-25-26-44(48-47(41)40-18-8-10-20-46(40)56-48)55-43-19-9-7-17-39(43)42-29-35-15-5-6-16-36(35)30-45(42)55/h1-30H. The van der Waals surface area contributed by atoms with Gasteiger partial charge >= 0.3 is 0 Å². The normalized spacial score (nSPS) is 11.9. The maximum Gasteiger partial charge on any atom is 0.164 e. The lowest BCUT2D eigenvalue weighted by molar-refractivity contribution is 0.666. The first kappa shape index (κ1) is 30.8. The molecular formula is C51H30N4O. The first-order valence-electron chi connectivity index (χ1n) is 18.8. The summed E-state index contributed by atoms with van der Waals surface area (Å²) in [5, 5.41) is 11.4. The number of fused-ring (bicyclic) bond motifs is 9. The quantitative estimate of drug-likeness (QED) is 0.182. The van der Waals surface area contributed by atoms with Gasteiger partial charge < -0.3 is 8.98 Å². The van der Waals surface area contributed by atoms with Gasteiger partial charge in [-0.3, -0.25) is 0 Å². The average molecular weight is 715 g/mol. The van der Waals surface area contributed by atoms with Gasteiger partial charge in [-0.15, -0.1) is 0 Å². The van der Waals surface area contributed by atoms with Crippen LogP contribution < -0.4 is 0 Å². The molecule has 9 aromatic carbocycles. The van der Waals surface area contributed by atoms with Crippen molar-refractivity contribution in [2.75, 3.05) is 0 Å². The fourth-order valence-electron chi connectivity index (χ4n) is 8.50. The van der Waals surface area contributed by atoms with Crippen LogP contribution in [0, 0.1) is 0 Å². The van der Waals surface area contributed by atoms with Gasteiger partial charge in [-0.2, -0.15) is 0 Å². The SMILES string of the molecule is c1ccc2cc(-c3nc(-c4ccc5ccccc5c4)nc(-c4ccc(-n5c6ccccc6c6cc7ccccc7cc65)c5oc6ccccc6c45)n3)ccc2c1. The van der Waals surface area contributed by atoms with Crippen LogP contribution in [0.1, 0.15) is 0 Å². The third kappa shape index (κ3) is 4.71. The Morgan fingerprint density at radius 3 is 1.59 bits per heavy atom. The number of rotatable bonds is 4. The van der Waals surface area contributed by atoms with Crippen LogP contribution >= 0.6 is 0 Å². The number of hydrogen-bond donors (Lipinski definition) is 0. The minimum absolute atomic E-state index is 0.586. The number of benzene rings is 9. The number of para-hydroxylation sites is 2. The second kappa shape index (κ2) is 11.9. The lowest BCUT2D eigenvalue weighted by Gasteiger charge is -2.13. The number of furan rings is 1. The second-order valence-electron chi connectivity index (χ2n) is 14.4. The van der Waals surface area contributed by atoms with Gasteiger partial charge in [-0.05, 0) is 80.8 Å². The molecule has 12 aromatic rings. The van der Waals surface area contributed by atoms with E-state index in [1.165, 1.54) is 32.3 Å². The van der Waals surface area contributed by atoms with E-state index in [9.17, 15) is 0 Å². The molecule has 5 heteroatoms. The number of nitrogens with zero attached hydrogens (tertiary/aromatic N) is 4. The van der Waals surface area contributed by atoms with Gasteiger partial charge in [0.15, 0.2) is 23.1 Å². The zero-order chi connectivity index (χ0) is 36.7. The molecule has 56 heavy (non-hydrogen) atoms. The van der Waals surface area contributed by atoms with E-state index in [4.69, 9.17) is 19.4 Å². The first-order valence-corrected chi connectivity index (χ1v) is 18.8. The van der Waals surface area contributed by atoms with Crippen molar-refractivity contribution >= 4 is 76.1 Å². The second-order valence-corrected chi connectivity index (χ2v) is 14.4. The summed E-state index contributed by atoms with van der Waals surface area (Å²) in [5.74, 6) is 1.81. The molecule has 0 bridgehead atoms. The molecule has 0 aliphatic carbocycles. The molecule has 0 saturated carbocycles. The van der Waals surface area contributed by atoms with E-state index in [0.29, 0.717) is 17.5 Å². The molecule has 0 radical (unpaired) electrons. The minimum Gasteiger partial charge on any atom is -0.454 e. The summed E-state index contributed by atoms with van der Waals surface area (Å²) >= 11 is 0. The van der Waals surface area contributed by atoms with Gasteiger partial charge in [0.05, 0.1) is 16.7 Å². The first-order chi connectivity index (χ1) is 27.7. The van der Waals surface area contributed by atoms with Crippen LogP contribution in [-0.2, 0) is 0 Å². The molecule has 3 heterocycles. The molecule has 0 amide bonds. The maximum atomic E-state index is 6.89. The summed E-state index contributed by atoms with van der Waals surface area (Å²) in [4.78, 5) is 15.7. The highest BCUT2D eigenvalue weighted by Crippen LogP contribution is 2.43. The van der Waals surface area contributed by atoms with Crippen molar-refractivity contribution in [3.63, 3.8) is 0 Å². The topological polar surface area (TPSA) is 56.7 Å². The molecular weight excluding hydrogens is 685 g/mol. The van der Waals surface area contributed by atoms with Crippen LogP contribution in [-0.4, -0.2) is 19.5 Å². The summed E-state index contributed by atoms with van der Waals surface area (Å²) < 4.78 is 9.24. The summed E-state index contributed by atoms with van der Waals surface area (Å²) in [6, 6.07) is 63.9. The summed E-state index contributed by atoms with van der Waals surface area (Å²) in [7, 11) is 0. The molecule has 0 unspecified atom stereocenters. The van der Waals surface area contributed by atoms with E-state index in [1.54, 1.807) is 0 Å². The van der Waals surface area contributed by atoms with Gasteiger partial charge in [0.25, 0.3) is 0 Å². The van der Waals surface area contributed by atoms with Crippen molar-refractivity contribution in [1.82, 2.24) is 19.5 Å². The van der Waals surface area contributed by atoms with Crippen molar-refractivity contribution in [1.29, 1.82) is 0 Å². The van der Waals surface area contributed by atoms with Crippen molar-refractivity contribution in [3.05, 3.63) is 182 Å². The largest absolute Gasteiger partial charge is 0.454 e. The van der Waals surface area contributed by atoms with E-state index < -0.39 is 0 Å². The lowest BCUT2D eigenvalue weighted by Crippen LogP contribution is -2.01. The predicted octanol–water partition coefficient (Wildman–Crippen LogP) is 13.3. The van der Waals surface area contributed by atoms with E-state index in [-0.39, 0.29) is 0 Å². The van der Waals surface area contributed by atoms with Crippen LogP contribution in [0.25, 0.3) is 116 Å². The number of aromatic nitrogens is 4. The highest BCUT2D eigenvalue weighted by atomic mass is 16.3. The Kier molecular flexibility index (Phi) is 6.56. The highest BCUT2D eigenvalue weighted by molar-refractivity contribution is 6.17. The summed E-state index contributed by atoms with van der Waals surface area (Å²) in [5.41, 5.74) is 7.52. The van der Waals surface area contributed by atoms with Crippen molar-refractivity contribution in [2.45, 2.75) is 0 Å². The average Bonchev–Trinajstić information content (AvgIpc) is 3.81. The molecule has 0 atom stereocenters. The summed E-state index contributed by atoms with van der Waals surface area (Å²) in [6.45, 7) is 0. The highest BCUT2D eigenvalue weighted by Gasteiger charge is 2.23. The summed E-state index contributed by atoms with van der Waals surface area (Å²) in [6.07, 6.45) is 0. The van der Waals surface area contributed by atoms with Crippen LogP contribution in [0.3, 0.4) is 0 Å². The van der Waals surface area contributed by atoms with E-state index in [2.05, 4.69) is 174 Å². The van der Waals surface area contributed by atoms with Gasteiger partial charge in [-0.25, -0.2) is 15.0 Å². The van der Waals surface area contributed by atoms with Crippen molar-refractivity contribution < 1.29 is 4.42 Å². The maximum absolute atomic E-state index is 6.89. The smallest absolute Gasteiger partial charge is 0.164 e. The van der Waals surface area contributed by atoms with E-state index in [0.717, 1.165) is 66.1 Å². The van der Waals surface area contributed by atoms with Gasteiger partial charge in [0, 0.05) is 38.2 Å². The molecule has 0 N–H and O–H groups in total. The molecule has 260 valence electrons. The van der Waals surface area contributed by atoms with Crippen LogP contribution in [0.5, 0.6) is 0 Å². The third-order valence-electron chi connectivity index (χ3n) is 11.2. The molecule has 5 nitrogen and oxygen atoms in total. The van der Waals surface area contributed by atoms with Gasteiger partial charge in [-0.1, -0.05) is 133 Å². The zero-order valence-corrected chi connectivity index (χ0v) is 30.0. The fourth-order valence-corrected chi connectivity index (χ4v) is 8.50. The minimum atomic E-state index is 0.586. The number of hydrogen-bond acceptors (Lipinski definition) is 4. The molecule has 0 fully saturated rings. The van der Waals surface area contributed by atoms with Crippen LogP contribution in [0.4, 0.5) is 0 Å². The molecule has 0 aliphatic heterocycles. The van der Waals surface area contributed by atoms with E-state index >= 15 is 0 Å². The van der Waals surface area contributed by atoms with Crippen LogP contribution in [0.2, 0.25) is 0 Å². The van der Waals surface area contributed by atoms with Gasteiger partial charge in [0.1, 0.15) is 5.58 Å². The van der Waals surface area contributed by atoms with Crippen LogP contribution in [0.15, 0.2) is 186 Å². The Bertz CT molecular complexity index is 3460. The molecule has 3 aromatic heterocycles. The molecule has 0 saturated heterocycles. The van der Waals surface area contributed by atoms with E-state index in [1.807, 2.05) is 12.1 Å². The lowest BCUT2D eigenvalue weighted by atomic mass is 10.0. The third-order valence-corrected chi connectivity index (χ3v) is 11.2. The zero-order valence-electron chi connectivity index (χ0n) is 30.0. The monoisotopic (exact) mass is 714 g/mol. The van der Waals surface area contributed by atoms with Gasteiger partial charge in [0.2, 0.25) is 0 Å². The molecule has 0 spiro atoms. The Hall–Kier alpha value is -7.63. The molecule has 0 aliphatic rings. The van der Waals surface area contributed by atoms with Crippen molar-refractivity contribution in [3.8, 4) is 39.9 Å². The Morgan fingerprint density at radius 1 is 0.375 bits per heavy atom. The molecule has 12 rings (SSSR count). The predicted molar refractivity (Wildman–Crippen MR) is 230 cm³/mol. The fraction of sp³-hybridized carbons (Fsp3) is 0. The Labute approximate surface area is 320 Å².